The Balaban J connectivity index is 0.000001000. The Labute approximate surface area is 72.6 Å². The number of aryl methyl sites for hydroxylation is 2. The normalized spacial score (nSPS) is 9.36. The molecule has 1 heterocycles. The molecular weight excluding hydrogens is 164 g/mol. The second-order valence-electron chi connectivity index (χ2n) is 2.33. The highest BCUT2D eigenvalue weighted by Gasteiger charge is 2.05. The average Bonchev–Trinajstić information content (AvgIpc) is 2.20. The molecule has 64 valence electrons. The summed E-state index contributed by atoms with van der Waals surface area (Å²) in [6, 6.07) is 0. The smallest absolute Gasteiger partial charge is 0.138 e. The largest absolute Gasteiger partial charge is 0.361 e. The van der Waals surface area contributed by atoms with Crippen molar-refractivity contribution in [2.75, 3.05) is 7.05 Å². The molecule has 0 unspecified atom stereocenters. The lowest BCUT2D eigenvalue weighted by Crippen LogP contribution is -2.06. The van der Waals surface area contributed by atoms with E-state index in [1.807, 2.05) is 20.9 Å². The van der Waals surface area contributed by atoms with Gasteiger partial charge in [-0.05, 0) is 20.9 Å². The van der Waals surface area contributed by atoms with Crippen molar-refractivity contribution in [1.29, 1.82) is 0 Å². The zero-order valence-corrected chi connectivity index (χ0v) is 7.79. The van der Waals surface area contributed by atoms with E-state index in [0.29, 0.717) is 0 Å². The Morgan fingerprint density at radius 3 is 2.45 bits per heavy atom. The summed E-state index contributed by atoms with van der Waals surface area (Å²) in [6.07, 6.45) is 0. The van der Waals surface area contributed by atoms with Crippen molar-refractivity contribution < 1.29 is 4.52 Å². The van der Waals surface area contributed by atoms with Crippen molar-refractivity contribution in [3.63, 3.8) is 0 Å². The van der Waals surface area contributed by atoms with Gasteiger partial charge in [0.1, 0.15) is 5.76 Å². The van der Waals surface area contributed by atoms with Gasteiger partial charge >= 0.3 is 0 Å². The highest BCUT2D eigenvalue weighted by atomic mass is 35.5. The lowest BCUT2D eigenvalue weighted by atomic mass is 10.2. The predicted molar refractivity (Wildman–Crippen MR) is 46.0 cm³/mol. The molecule has 11 heavy (non-hydrogen) atoms. The molecule has 0 saturated carbocycles. The number of aromatic nitrogens is 1. The molecule has 1 aromatic heterocycles. The third kappa shape index (κ3) is 2.20. The zero-order valence-electron chi connectivity index (χ0n) is 6.97. The number of hydrogen-bond acceptors (Lipinski definition) is 3. The van der Waals surface area contributed by atoms with Gasteiger partial charge in [0.05, 0.1) is 5.69 Å². The van der Waals surface area contributed by atoms with Crippen LogP contribution in [0.5, 0.6) is 0 Å². The van der Waals surface area contributed by atoms with Crippen LogP contribution in [0.4, 0.5) is 0 Å². The first kappa shape index (κ1) is 10.5. The van der Waals surface area contributed by atoms with E-state index in [-0.39, 0.29) is 12.4 Å². The predicted octanol–water partition coefficient (Wildman–Crippen LogP) is 1.43. The van der Waals surface area contributed by atoms with Gasteiger partial charge in [-0.25, -0.2) is 0 Å². The number of nitrogens with one attached hydrogen (secondary N) is 1. The second kappa shape index (κ2) is 4.36. The average molecular weight is 177 g/mol. The van der Waals surface area contributed by atoms with Gasteiger partial charge in [-0.3, -0.25) is 0 Å². The van der Waals surface area contributed by atoms with E-state index in [1.165, 1.54) is 5.56 Å². The summed E-state index contributed by atoms with van der Waals surface area (Å²) < 4.78 is 4.96. The quantitative estimate of drug-likeness (QED) is 0.741. The highest BCUT2D eigenvalue weighted by molar-refractivity contribution is 5.85. The van der Waals surface area contributed by atoms with Gasteiger partial charge in [-0.15, -0.1) is 12.4 Å². The van der Waals surface area contributed by atoms with Gasteiger partial charge < -0.3 is 9.84 Å². The summed E-state index contributed by atoms with van der Waals surface area (Å²) in [5.41, 5.74) is 2.15. The fraction of sp³-hybridized carbons (Fsp3) is 0.571. The Morgan fingerprint density at radius 1 is 1.45 bits per heavy atom. The third-order valence-electron chi connectivity index (χ3n) is 1.53. The van der Waals surface area contributed by atoms with Crippen LogP contribution in [0.3, 0.4) is 0 Å². The van der Waals surface area contributed by atoms with Crippen molar-refractivity contribution in [1.82, 2.24) is 10.5 Å². The molecule has 4 heteroatoms. The summed E-state index contributed by atoms with van der Waals surface area (Å²) in [6.45, 7) is 4.71. The van der Waals surface area contributed by atoms with Gasteiger partial charge in [0, 0.05) is 12.1 Å². The standard InChI is InChI=1S/C7H12N2O.ClH/c1-5-7(4-8-3)6(2)10-9-5;/h8H,4H2,1-3H3;1H. The van der Waals surface area contributed by atoms with Crippen molar-refractivity contribution in [2.24, 2.45) is 0 Å². The molecule has 3 nitrogen and oxygen atoms in total. The Hall–Kier alpha value is -0.540. The van der Waals surface area contributed by atoms with Crippen LogP contribution in [0.25, 0.3) is 0 Å². The Morgan fingerprint density at radius 2 is 2.09 bits per heavy atom. The molecular formula is C7H13ClN2O. The van der Waals surface area contributed by atoms with Crippen LogP contribution in [-0.4, -0.2) is 12.2 Å². The van der Waals surface area contributed by atoms with Gasteiger partial charge in [0.2, 0.25) is 0 Å². The number of nitrogens with zero attached hydrogens (tertiary/aromatic N) is 1. The van der Waals surface area contributed by atoms with Crippen molar-refractivity contribution in [2.45, 2.75) is 20.4 Å². The van der Waals surface area contributed by atoms with Gasteiger partial charge in [0.25, 0.3) is 0 Å². The van der Waals surface area contributed by atoms with Crippen LogP contribution in [0.1, 0.15) is 17.0 Å². The first-order valence-corrected chi connectivity index (χ1v) is 3.32. The summed E-state index contributed by atoms with van der Waals surface area (Å²) in [5, 5.41) is 6.87. The maximum Gasteiger partial charge on any atom is 0.138 e. The third-order valence-corrected chi connectivity index (χ3v) is 1.53. The topological polar surface area (TPSA) is 38.1 Å². The molecule has 0 amide bonds. The molecule has 1 N–H and O–H groups in total. The van der Waals surface area contributed by atoms with Crippen LogP contribution >= 0.6 is 12.4 Å². The van der Waals surface area contributed by atoms with E-state index in [9.17, 15) is 0 Å². The summed E-state index contributed by atoms with van der Waals surface area (Å²) in [7, 11) is 1.91. The van der Waals surface area contributed by atoms with E-state index >= 15 is 0 Å². The van der Waals surface area contributed by atoms with E-state index in [2.05, 4.69) is 10.5 Å². The number of halogens is 1. The maximum atomic E-state index is 4.96. The molecule has 0 atom stereocenters. The fourth-order valence-corrected chi connectivity index (χ4v) is 0.931. The number of hydrogen-bond donors (Lipinski definition) is 1. The molecule has 0 saturated heterocycles. The lowest BCUT2D eigenvalue weighted by Gasteiger charge is -1.94. The Bertz CT molecular complexity index is 203. The molecule has 0 aliphatic heterocycles. The second-order valence-corrected chi connectivity index (χ2v) is 2.33. The lowest BCUT2D eigenvalue weighted by molar-refractivity contribution is 0.392. The monoisotopic (exact) mass is 176 g/mol. The van der Waals surface area contributed by atoms with E-state index in [0.717, 1.165) is 18.0 Å². The van der Waals surface area contributed by atoms with Crippen LogP contribution in [0, 0.1) is 13.8 Å². The molecule has 0 aromatic carbocycles. The van der Waals surface area contributed by atoms with Gasteiger partial charge in [-0.2, -0.15) is 0 Å². The van der Waals surface area contributed by atoms with Crippen LogP contribution in [0.2, 0.25) is 0 Å². The van der Waals surface area contributed by atoms with Crippen molar-refractivity contribution in [3.05, 3.63) is 17.0 Å². The maximum absolute atomic E-state index is 4.96. The van der Waals surface area contributed by atoms with Gasteiger partial charge in [-0.1, -0.05) is 5.16 Å². The minimum absolute atomic E-state index is 0. The van der Waals surface area contributed by atoms with Crippen LogP contribution in [0.15, 0.2) is 4.52 Å². The first-order valence-electron chi connectivity index (χ1n) is 3.32. The van der Waals surface area contributed by atoms with E-state index in [4.69, 9.17) is 4.52 Å². The van der Waals surface area contributed by atoms with Crippen LogP contribution < -0.4 is 5.32 Å². The molecule has 1 rings (SSSR count). The molecule has 0 spiro atoms. The SMILES string of the molecule is CNCc1c(C)noc1C.Cl. The molecule has 1 aromatic rings. The first-order chi connectivity index (χ1) is 4.75. The minimum Gasteiger partial charge on any atom is -0.361 e. The molecule has 0 fully saturated rings. The van der Waals surface area contributed by atoms with Crippen molar-refractivity contribution in [3.8, 4) is 0 Å². The fourth-order valence-electron chi connectivity index (χ4n) is 0.931. The highest BCUT2D eigenvalue weighted by Crippen LogP contribution is 2.10. The summed E-state index contributed by atoms with van der Waals surface area (Å²) >= 11 is 0. The molecule has 0 radical (unpaired) electrons. The minimum atomic E-state index is 0. The van der Waals surface area contributed by atoms with Crippen LogP contribution in [-0.2, 0) is 6.54 Å². The molecule has 0 bridgehead atoms. The molecule has 0 aliphatic rings. The van der Waals surface area contributed by atoms with Gasteiger partial charge in [0.15, 0.2) is 0 Å². The molecule has 0 aliphatic carbocycles. The summed E-state index contributed by atoms with van der Waals surface area (Å²) in [4.78, 5) is 0. The van der Waals surface area contributed by atoms with E-state index in [1.54, 1.807) is 0 Å². The Kier molecular flexibility index (Phi) is 4.15. The van der Waals surface area contributed by atoms with E-state index < -0.39 is 0 Å². The zero-order chi connectivity index (χ0) is 7.56. The summed E-state index contributed by atoms with van der Waals surface area (Å²) in [5.74, 6) is 0.909. The van der Waals surface area contributed by atoms with Crippen molar-refractivity contribution >= 4 is 12.4 Å². The number of rotatable bonds is 2.